The van der Waals surface area contributed by atoms with Crippen LogP contribution < -0.4 is 5.32 Å². The van der Waals surface area contributed by atoms with E-state index in [1.54, 1.807) is 23.9 Å². The molecule has 2 aliphatic rings. The summed E-state index contributed by atoms with van der Waals surface area (Å²) in [5.74, 6) is -0.392. The summed E-state index contributed by atoms with van der Waals surface area (Å²) in [5.41, 5.74) is 2.44. The molecule has 0 aromatic heterocycles. The molecule has 0 saturated heterocycles. The van der Waals surface area contributed by atoms with Crippen LogP contribution in [0.3, 0.4) is 0 Å². The number of nitrogens with zero attached hydrogens (tertiary/aromatic N) is 2. The van der Waals surface area contributed by atoms with Gasteiger partial charge in [-0.3, -0.25) is 9.79 Å². The van der Waals surface area contributed by atoms with E-state index < -0.39 is 0 Å². The first-order valence-corrected chi connectivity index (χ1v) is 8.17. The summed E-state index contributed by atoms with van der Waals surface area (Å²) < 4.78 is 4.65. The minimum atomic E-state index is -0.366. The Hall–Kier alpha value is -2.28. The van der Waals surface area contributed by atoms with E-state index in [1.165, 1.54) is 7.11 Å². The minimum absolute atomic E-state index is 0.0259. The molecule has 1 N–H and O–H groups in total. The van der Waals surface area contributed by atoms with Crippen molar-refractivity contribution in [3.63, 3.8) is 0 Å². The van der Waals surface area contributed by atoms with Gasteiger partial charge >= 0.3 is 5.97 Å². The number of hydrogen-bond acceptors (Lipinski definition) is 6. The summed E-state index contributed by atoms with van der Waals surface area (Å²) in [6.45, 7) is 2.09. The van der Waals surface area contributed by atoms with Crippen LogP contribution in [-0.4, -0.2) is 42.1 Å². The zero-order chi connectivity index (χ0) is 16.2. The van der Waals surface area contributed by atoms with Gasteiger partial charge in [0.15, 0.2) is 5.17 Å². The van der Waals surface area contributed by atoms with Crippen molar-refractivity contribution in [3.05, 3.63) is 46.5 Å². The van der Waals surface area contributed by atoms with Gasteiger partial charge in [0, 0.05) is 18.8 Å². The largest absolute Gasteiger partial charge is 0.465 e. The topological polar surface area (TPSA) is 71.0 Å². The SMILES string of the molecule is COC(=O)c1ccc(CNC(=O)CC2=CSC3=NCCN23)cc1. The molecule has 1 aromatic rings. The number of carbonyl (C=O) groups excluding carboxylic acids is 2. The van der Waals surface area contributed by atoms with Gasteiger partial charge in [-0.2, -0.15) is 0 Å². The molecule has 2 aliphatic heterocycles. The summed E-state index contributed by atoms with van der Waals surface area (Å²) in [5, 5.41) is 5.88. The second-order valence-electron chi connectivity index (χ2n) is 5.18. The first-order valence-electron chi connectivity index (χ1n) is 7.29. The number of carbonyl (C=O) groups is 2. The third-order valence-corrected chi connectivity index (χ3v) is 4.61. The molecule has 0 unspecified atom stereocenters. The molecule has 3 rings (SSSR count). The molecule has 0 saturated carbocycles. The Kier molecular flexibility index (Phi) is 4.66. The molecule has 1 amide bonds. The van der Waals surface area contributed by atoms with Crippen LogP contribution in [0.1, 0.15) is 22.3 Å². The molecule has 6 nitrogen and oxygen atoms in total. The number of aliphatic imine (C=N–C) groups is 1. The number of hydrogen-bond donors (Lipinski definition) is 1. The minimum Gasteiger partial charge on any atom is -0.465 e. The van der Waals surface area contributed by atoms with Crippen molar-refractivity contribution in [1.82, 2.24) is 10.2 Å². The molecule has 0 spiro atoms. The third kappa shape index (κ3) is 3.56. The van der Waals surface area contributed by atoms with Gasteiger partial charge in [-0.15, -0.1) is 0 Å². The summed E-state index contributed by atoms with van der Waals surface area (Å²) in [6, 6.07) is 7.00. The lowest BCUT2D eigenvalue weighted by Gasteiger charge is -2.16. The van der Waals surface area contributed by atoms with E-state index in [0.29, 0.717) is 18.5 Å². The smallest absolute Gasteiger partial charge is 0.337 e. The van der Waals surface area contributed by atoms with Crippen LogP contribution in [0.4, 0.5) is 0 Å². The van der Waals surface area contributed by atoms with Crippen LogP contribution in [0.2, 0.25) is 0 Å². The number of methoxy groups -OCH3 is 1. The fraction of sp³-hybridized carbons (Fsp3) is 0.312. The zero-order valence-corrected chi connectivity index (χ0v) is 13.6. The molecule has 120 valence electrons. The van der Waals surface area contributed by atoms with Gasteiger partial charge in [0.1, 0.15) is 0 Å². The average molecular weight is 331 g/mol. The highest BCUT2D eigenvalue weighted by molar-refractivity contribution is 8.16. The lowest BCUT2D eigenvalue weighted by Crippen LogP contribution is -2.28. The highest BCUT2D eigenvalue weighted by Crippen LogP contribution is 2.30. The lowest BCUT2D eigenvalue weighted by molar-refractivity contribution is -0.120. The normalized spacial score (nSPS) is 15.8. The van der Waals surface area contributed by atoms with Crippen molar-refractivity contribution in [2.45, 2.75) is 13.0 Å². The second-order valence-corrected chi connectivity index (χ2v) is 6.02. The predicted octanol–water partition coefficient (Wildman–Crippen LogP) is 1.74. The summed E-state index contributed by atoms with van der Waals surface area (Å²) in [4.78, 5) is 29.9. The molecule has 0 bridgehead atoms. The van der Waals surface area contributed by atoms with Gasteiger partial charge in [-0.1, -0.05) is 23.9 Å². The second kappa shape index (κ2) is 6.87. The van der Waals surface area contributed by atoms with Crippen molar-refractivity contribution in [2.24, 2.45) is 4.99 Å². The third-order valence-electron chi connectivity index (χ3n) is 3.66. The predicted molar refractivity (Wildman–Crippen MR) is 88.9 cm³/mol. The molecule has 0 fully saturated rings. The van der Waals surface area contributed by atoms with E-state index in [9.17, 15) is 9.59 Å². The van der Waals surface area contributed by atoms with E-state index >= 15 is 0 Å². The number of benzene rings is 1. The van der Waals surface area contributed by atoms with Crippen molar-refractivity contribution < 1.29 is 14.3 Å². The summed E-state index contributed by atoms with van der Waals surface area (Å²) >= 11 is 1.57. The number of rotatable bonds is 5. The van der Waals surface area contributed by atoms with E-state index in [4.69, 9.17) is 0 Å². The molecule has 2 heterocycles. The Morgan fingerprint density at radius 1 is 1.35 bits per heavy atom. The van der Waals surface area contributed by atoms with Gasteiger partial charge in [0.25, 0.3) is 0 Å². The molecule has 0 aliphatic carbocycles. The lowest BCUT2D eigenvalue weighted by atomic mass is 10.1. The monoisotopic (exact) mass is 331 g/mol. The van der Waals surface area contributed by atoms with Gasteiger partial charge in [-0.05, 0) is 23.1 Å². The van der Waals surface area contributed by atoms with Crippen molar-refractivity contribution in [1.29, 1.82) is 0 Å². The molecule has 23 heavy (non-hydrogen) atoms. The fourth-order valence-corrected chi connectivity index (χ4v) is 3.37. The highest BCUT2D eigenvalue weighted by Gasteiger charge is 2.27. The van der Waals surface area contributed by atoms with E-state index in [-0.39, 0.29) is 11.9 Å². The van der Waals surface area contributed by atoms with Crippen molar-refractivity contribution in [2.75, 3.05) is 20.2 Å². The maximum atomic E-state index is 12.1. The van der Waals surface area contributed by atoms with E-state index in [0.717, 1.165) is 29.5 Å². The number of thioether (sulfide) groups is 1. The molecule has 0 atom stereocenters. The quantitative estimate of drug-likeness (QED) is 0.832. The van der Waals surface area contributed by atoms with Crippen LogP contribution in [0.25, 0.3) is 0 Å². The maximum Gasteiger partial charge on any atom is 0.337 e. The molecular weight excluding hydrogens is 314 g/mol. The van der Waals surface area contributed by atoms with Crippen LogP contribution in [0.15, 0.2) is 40.4 Å². The number of amidine groups is 1. The first-order chi connectivity index (χ1) is 11.2. The Bertz CT molecular complexity index is 682. The van der Waals surface area contributed by atoms with Gasteiger partial charge in [-0.25, -0.2) is 4.79 Å². The number of esters is 1. The Morgan fingerprint density at radius 2 is 2.13 bits per heavy atom. The molecule has 1 aromatic carbocycles. The fourth-order valence-electron chi connectivity index (χ4n) is 2.42. The van der Waals surface area contributed by atoms with Crippen LogP contribution in [0.5, 0.6) is 0 Å². The first kappa shape index (κ1) is 15.6. The highest BCUT2D eigenvalue weighted by atomic mass is 32.2. The summed E-state index contributed by atoms with van der Waals surface area (Å²) in [6.07, 6.45) is 0.353. The Balaban J connectivity index is 1.49. The van der Waals surface area contributed by atoms with Crippen molar-refractivity contribution >= 4 is 28.8 Å². The van der Waals surface area contributed by atoms with Crippen LogP contribution >= 0.6 is 11.8 Å². The standard InChI is InChI=1S/C16H17N3O3S/c1-22-15(21)12-4-2-11(3-5-12)9-18-14(20)8-13-10-23-16-17-6-7-19(13)16/h2-5,10H,6-9H2,1H3,(H,18,20). The summed E-state index contributed by atoms with van der Waals surface area (Å²) in [7, 11) is 1.35. The molecule has 7 heteroatoms. The zero-order valence-electron chi connectivity index (χ0n) is 12.7. The molecule has 0 radical (unpaired) electrons. The maximum absolute atomic E-state index is 12.1. The number of fused-ring (bicyclic) bond motifs is 1. The van der Waals surface area contributed by atoms with Gasteiger partial charge < -0.3 is 15.0 Å². The van der Waals surface area contributed by atoms with Gasteiger partial charge in [0.2, 0.25) is 5.91 Å². The van der Waals surface area contributed by atoms with Crippen LogP contribution in [0, 0.1) is 0 Å². The Labute approximate surface area is 138 Å². The number of amides is 1. The van der Waals surface area contributed by atoms with E-state index in [1.807, 2.05) is 17.5 Å². The average Bonchev–Trinajstić information content (AvgIpc) is 3.18. The van der Waals surface area contributed by atoms with Crippen LogP contribution in [-0.2, 0) is 16.1 Å². The van der Waals surface area contributed by atoms with Gasteiger partial charge in [0.05, 0.1) is 25.6 Å². The number of ether oxygens (including phenoxy) is 1. The number of nitrogens with one attached hydrogen (secondary N) is 1. The Morgan fingerprint density at radius 3 is 2.87 bits per heavy atom. The van der Waals surface area contributed by atoms with Crippen molar-refractivity contribution in [3.8, 4) is 0 Å². The molecular formula is C16H17N3O3S. The van der Waals surface area contributed by atoms with E-state index in [2.05, 4.69) is 19.9 Å².